The zero-order valence-electron chi connectivity index (χ0n) is 11.1. The number of ether oxygens (including phenoxy) is 1. The van der Waals surface area contributed by atoms with E-state index < -0.39 is 5.41 Å². The molecule has 0 radical (unpaired) electrons. The van der Waals surface area contributed by atoms with Gasteiger partial charge in [-0.05, 0) is 26.0 Å². The molecule has 4 nitrogen and oxygen atoms in total. The van der Waals surface area contributed by atoms with Gasteiger partial charge in [-0.3, -0.25) is 4.79 Å². The number of anilines is 1. The molecule has 1 aromatic carbocycles. The summed E-state index contributed by atoms with van der Waals surface area (Å²) in [4.78, 5) is 14.2. The highest BCUT2D eigenvalue weighted by Gasteiger charge is 2.45. The molecule has 2 unspecified atom stereocenters. The van der Waals surface area contributed by atoms with Crippen LogP contribution in [-0.4, -0.2) is 32.2 Å². The summed E-state index contributed by atoms with van der Waals surface area (Å²) in [5.74, 6) is 0.0105. The molecule has 1 aliphatic heterocycles. The molecule has 1 saturated heterocycles. The zero-order valence-corrected chi connectivity index (χ0v) is 11.1. The minimum Gasteiger partial charge on any atom is -0.379 e. The fourth-order valence-electron chi connectivity index (χ4n) is 2.18. The normalized spacial score (nSPS) is 27.2. The second-order valence-corrected chi connectivity index (χ2v) is 5.24. The van der Waals surface area contributed by atoms with Crippen LogP contribution in [0.4, 0.5) is 5.69 Å². The molecular formula is C14H20N2O2. The Hall–Kier alpha value is -1.39. The van der Waals surface area contributed by atoms with Crippen molar-refractivity contribution in [1.82, 2.24) is 0 Å². The number of amides is 1. The van der Waals surface area contributed by atoms with Crippen molar-refractivity contribution in [2.45, 2.75) is 19.9 Å². The summed E-state index contributed by atoms with van der Waals surface area (Å²) >= 11 is 0. The van der Waals surface area contributed by atoms with Gasteiger partial charge in [0.1, 0.15) is 0 Å². The highest BCUT2D eigenvalue weighted by atomic mass is 16.5. The number of rotatable bonds is 2. The lowest BCUT2D eigenvalue weighted by atomic mass is 9.84. The van der Waals surface area contributed by atoms with E-state index in [1.165, 1.54) is 5.56 Å². The monoisotopic (exact) mass is 248 g/mol. The Morgan fingerprint density at radius 2 is 2.06 bits per heavy atom. The molecule has 1 aromatic rings. The zero-order chi connectivity index (χ0) is 13.3. The quantitative estimate of drug-likeness (QED) is 0.859. The van der Waals surface area contributed by atoms with Gasteiger partial charge in [0.25, 0.3) is 0 Å². The topological polar surface area (TPSA) is 55.6 Å². The predicted molar refractivity (Wildman–Crippen MR) is 71.5 cm³/mol. The van der Waals surface area contributed by atoms with Crippen molar-refractivity contribution >= 4 is 11.6 Å². The van der Waals surface area contributed by atoms with Gasteiger partial charge in [0.05, 0.1) is 18.6 Å². The van der Waals surface area contributed by atoms with Crippen LogP contribution in [-0.2, 0) is 9.53 Å². The van der Waals surface area contributed by atoms with E-state index in [1.807, 2.05) is 38.1 Å². The molecule has 1 amide bonds. The third-order valence-corrected chi connectivity index (χ3v) is 3.73. The van der Waals surface area contributed by atoms with Crippen LogP contribution < -0.4 is 10.6 Å². The third-order valence-electron chi connectivity index (χ3n) is 3.73. The molecule has 98 valence electrons. The van der Waals surface area contributed by atoms with Gasteiger partial charge >= 0.3 is 0 Å². The molecule has 1 aliphatic rings. The average Bonchev–Trinajstić information content (AvgIpc) is 2.70. The number of hydrogen-bond donors (Lipinski definition) is 1. The first-order valence-corrected chi connectivity index (χ1v) is 6.13. The number of carbonyl (C=O) groups is 1. The first kappa shape index (κ1) is 13.1. The molecular weight excluding hydrogens is 228 g/mol. The van der Waals surface area contributed by atoms with Gasteiger partial charge in [-0.15, -0.1) is 0 Å². The Bertz CT molecular complexity index is 444. The lowest BCUT2D eigenvalue weighted by Crippen LogP contribution is -2.50. The van der Waals surface area contributed by atoms with Gasteiger partial charge in [-0.2, -0.15) is 0 Å². The molecule has 1 fully saturated rings. The summed E-state index contributed by atoms with van der Waals surface area (Å²) in [5.41, 5.74) is 7.41. The first-order valence-electron chi connectivity index (χ1n) is 6.13. The largest absolute Gasteiger partial charge is 0.379 e. The predicted octanol–water partition coefficient (Wildman–Crippen LogP) is 1.32. The summed E-state index contributed by atoms with van der Waals surface area (Å²) in [6.45, 7) is 4.73. The first-order chi connectivity index (χ1) is 8.45. The van der Waals surface area contributed by atoms with Crippen LogP contribution in [0.1, 0.15) is 12.5 Å². The van der Waals surface area contributed by atoms with E-state index >= 15 is 0 Å². The summed E-state index contributed by atoms with van der Waals surface area (Å²) in [5, 5.41) is 0. The Labute approximate surface area is 108 Å². The van der Waals surface area contributed by atoms with E-state index in [1.54, 1.807) is 11.9 Å². The highest BCUT2D eigenvalue weighted by Crippen LogP contribution is 2.30. The van der Waals surface area contributed by atoms with Gasteiger partial charge in [-0.1, -0.05) is 17.7 Å². The van der Waals surface area contributed by atoms with E-state index in [9.17, 15) is 4.79 Å². The lowest BCUT2D eigenvalue weighted by Gasteiger charge is -2.30. The minimum absolute atomic E-state index is 0.0105. The minimum atomic E-state index is -0.625. The van der Waals surface area contributed by atoms with Crippen molar-refractivity contribution in [1.29, 1.82) is 0 Å². The molecule has 0 aliphatic carbocycles. The Morgan fingerprint density at radius 3 is 2.56 bits per heavy atom. The van der Waals surface area contributed by atoms with Crippen molar-refractivity contribution in [3.8, 4) is 0 Å². The second kappa shape index (κ2) is 4.71. The fraction of sp³-hybridized carbons (Fsp3) is 0.500. The van der Waals surface area contributed by atoms with Gasteiger partial charge in [0.15, 0.2) is 0 Å². The molecule has 0 saturated carbocycles. The van der Waals surface area contributed by atoms with Crippen molar-refractivity contribution in [2.75, 3.05) is 25.2 Å². The van der Waals surface area contributed by atoms with E-state index in [0.717, 1.165) is 5.69 Å². The van der Waals surface area contributed by atoms with Crippen molar-refractivity contribution < 1.29 is 9.53 Å². The van der Waals surface area contributed by atoms with E-state index in [0.29, 0.717) is 13.2 Å². The van der Waals surface area contributed by atoms with Gasteiger partial charge in [0.2, 0.25) is 5.91 Å². The molecule has 18 heavy (non-hydrogen) atoms. The number of benzene rings is 1. The summed E-state index contributed by atoms with van der Waals surface area (Å²) in [6.07, 6.45) is 0. The number of hydrogen-bond acceptors (Lipinski definition) is 3. The summed E-state index contributed by atoms with van der Waals surface area (Å²) < 4.78 is 5.33. The van der Waals surface area contributed by atoms with Crippen molar-refractivity contribution in [3.05, 3.63) is 29.8 Å². The smallest absolute Gasteiger partial charge is 0.236 e. The lowest BCUT2D eigenvalue weighted by molar-refractivity contribution is -0.127. The standard InChI is InChI=1S/C14H20N2O2/c1-10-4-6-11(7-5-10)16(3)13(17)14(2)9-18-8-12(14)15/h4-7,12H,8-9,15H2,1-3H3. The van der Waals surface area contributed by atoms with Crippen LogP contribution >= 0.6 is 0 Å². The number of aryl methyl sites for hydroxylation is 1. The summed E-state index contributed by atoms with van der Waals surface area (Å²) in [6, 6.07) is 7.63. The van der Waals surface area contributed by atoms with Crippen molar-refractivity contribution in [3.63, 3.8) is 0 Å². The van der Waals surface area contributed by atoms with Crippen LogP contribution in [0.3, 0.4) is 0 Å². The molecule has 2 rings (SSSR count). The number of nitrogens with two attached hydrogens (primary N) is 1. The molecule has 0 aromatic heterocycles. The molecule has 0 bridgehead atoms. The molecule has 4 heteroatoms. The van der Waals surface area contributed by atoms with Crippen LogP contribution in [0, 0.1) is 12.3 Å². The van der Waals surface area contributed by atoms with Crippen LogP contribution in [0.2, 0.25) is 0 Å². The van der Waals surface area contributed by atoms with Crippen LogP contribution in [0.15, 0.2) is 24.3 Å². The molecule has 2 N–H and O–H groups in total. The average molecular weight is 248 g/mol. The number of carbonyl (C=O) groups excluding carboxylic acids is 1. The number of nitrogens with zero attached hydrogens (tertiary/aromatic N) is 1. The maximum atomic E-state index is 12.5. The fourth-order valence-corrected chi connectivity index (χ4v) is 2.18. The Balaban J connectivity index is 2.21. The van der Waals surface area contributed by atoms with E-state index in [-0.39, 0.29) is 11.9 Å². The molecule has 0 spiro atoms. The Morgan fingerprint density at radius 1 is 1.44 bits per heavy atom. The van der Waals surface area contributed by atoms with Gasteiger partial charge < -0.3 is 15.4 Å². The van der Waals surface area contributed by atoms with Crippen molar-refractivity contribution in [2.24, 2.45) is 11.1 Å². The second-order valence-electron chi connectivity index (χ2n) is 5.24. The van der Waals surface area contributed by atoms with Gasteiger partial charge in [-0.25, -0.2) is 0 Å². The van der Waals surface area contributed by atoms with Crippen LogP contribution in [0.5, 0.6) is 0 Å². The van der Waals surface area contributed by atoms with Crippen LogP contribution in [0.25, 0.3) is 0 Å². The molecule has 2 atom stereocenters. The highest BCUT2D eigenvalue weighted by molar-refractivity contribution is 5.97. The maximum absolute atomic E-state index is 12.5. The maximum Gasteiger partial charge on any atom is 0.236 e. The Kier molecular flexibility index (Phi) is 3.41. The summed E-state index contributed by atoms with van der Waals surface area (Å²) in [7, 11) is 1.78. The van der Waals surface area contributed by atoms with E-state index in [4.69, 9.17) is 10.5 Å². The van der Waals surface area contributed by atoms with E-state index in [2.05, 4.69) is 0 Å². The SMILES string of the molecule is Cc1ccc(N(C)C(=O)C2(C)COCC2N)cc1. The van der Waals surface area contributed by atoms with Gasteiger partial charge in [0, 0.05) is 18.8 Å². The third kappa shape index (κ3) is 2.13. The molecule has 1 heterocycles.